The molecular weight excluding hydrogens is 402 g/mol. The lowest BCUT2D eigenvalue weighted by Gasteiger charge is -2.25. The molecule has 2 N–H and O–H groups in total. The van der Waals surface area contributed by atoms with E-state index in [1.165, 1.54) is 19.3 Å². The smallest absolute Gasteiger partial charge is 0.255 e. The van der Waals surface area contributed by atoms with Crippen LogP contribution in [0.1, 0.15) is 74.8 Å². The summed E-state index contributed by atoms with van der Waals surface area (Å²) in [5.41, 5.74) is 3.24. The second-order valence-corrected chi connectivity index (χ2v) is 8.42. The highest BCUT2D eigenvalue weighted by atomic mass is 16.5. The molecular formula is C25H33N5O2. The van der Waals surface area contributed by atoms with E-state index in [2.05, 4.69) is 20.7 Å². The van der Waals surface area contributed by atoms with Crippen LogP contribution in [0.2, 0.25) is 0 Å². The maximum atomic E-state index is 13.3. The largest absolute Gasteiger partial charge is 0.494 e. The van der Waals surface area contributed by atoms with Crippen LogP contribution in [0.3, 0.4) is 0 Å². The Morgan fingerprint density at radius 2 is 1.91 bits per heavy atom. The molecule has 0 aliphatic heterocycles. The molecule has 7 nitrogen and oxygen atoms in total. The molecule has 2 heterocycles. The summed E-state index contributed by atoms with van der Waals surface area (Å²) in [5.74, 6) is 0.694. The number of hydrogen-bond donors (Lipinski definition) is 2. The molecule has 1 fully saturated rings. The van der Waals surface area contributed by atoms with Gasteiger partial charge in [0.15, 0.2) is 5.65 Å². The summed E-state index contributed by atoms with van der Waals surface area (Å²) in [5, 5.41) is 12.2. The molecule has 1 atom stereocenters. The summed E-state index contributed by atoms with van der Waals surface area (Å²) in [6.45, 7) is 7.36. The summed E-state index contributed by atoms with van der Waals surface area (Å²) in [6, 6.07) is 8.08. The van der Waals surface area contributed by atoms with Gasteiger partial charge in [0, 0.05) is 18.8 Å². The van der Waals surface area contributed by atoms with Gasteiger partial charge >= 0.3 is 0 Å². The number of amides is 1. The zero-order valence-electron chi connectivity index (χ0n) is 19.2. The van der Waals surface area contributed by atoms with E-state index in [0.717, 1.165) is 47.4 Å². The zero-order valence-corrected chi connectivity index (χ0v) is 19.2. The van der Waals surface area contributed by atoms with E-state index < -0.39 is 0 Å². The molecule has 1 aliphatic rings. The van der Waals surface area contributed by atoms with Crippen molar-refractivity contribution in [1.82, 2.24) is 20.1 Å². The van der Waals surface area contributed by atoms with E-state index >= 15 is 0 Å². The molecule has 1 unspecified atom stereocenters. The van der Waals surface area contributed by atoms with Crippen LogP contribution in [0.15, 0.2) is 36.7 Å². The van der Waals surface area contributed by atoms with Gasteiger partial charge in [-0.2, -0.15) is 5.10 Å². The highest BCUT2D eigenvalue weighted by Crippen LogP contribution is 2.30. The molecule has 0 spiro atoms. The third-order valence-electron chi connectivity index (χ3n) is 6.20. The number of anilines is 1. The number of nitrogens with zero attached hydrogens (tertiary/aromatic N) is 3. The maximum Gasteiger partial charge on any atom is 0.255 e. The lowest BCUT2D eigenvalue weighted by atomic mass is 9.95. The van der Waals surface area contributed by atoms with Crippen molar-refractivity contribution in [2.75, 3.05) is 11.9 Å². The molecule has 170 valence electrons. The Balaban J connectivity index is 1.60. The monoisotopic (exact) mass is 435 g/mol. The minimum Gasteiger partial charge on any atom is -0.494 e. The summed E-state index contributed by atoms with van der Waals surface area (Å²) in [7, 11) is 0. The van der Waals surface area contributed by atoms with E-state index in [4.69, 9.17) is 4.74 Å². The Labute approximate surface area is 189 Å². The second-order valence-electron chi connectivity index (χ2n) is 8.42. The predicted molar refractivity (Wildman–Crippen MR) is 127 cm³/mol. The summed E-state index contributed by atoms with van der Waals surface area (Å²) in [6.07, 6.45) is 9.47. The molecule has 4 rings (SSSR count). The van der Waals surface area contributed by atoms with Crippen LogP contribution in [0.5, 0.6) is 5.75 Å². The van der Waals surface area contributed by atoms with Gasteiger partial charge in [0.1, 0.15) is 5.75 Å². The third kappa shape index (κ3) is 4.71. The first-order chi connectivity index (χ1) is 15.6. The Hall–Kier alpha value is -3.09. The summed E-state index contributed by atoms with van der Waals surface area (Å²) < 4.78 is 7.39. The van der Waals surface area contributed by atoms with Gasteiger partial charge in [0.05, 0.1) is 35.5 Å². The van der Waals surface area contributed by atoms with Crippen LogP contribution in [-0.4, -0.2) is 33.3 Å². The zero-order chi connectivity index (χ0) is 22.5. The standard InChI is InChI=1S/C25H33N5O2/c1-4-30-24-21(16-27-30)23(29-19-9-7-6-8-10-19)22(15-26-24)25(31)28-17(3)18-11-13-20(14-12-18)32-5-2/h11-17,19H,4-10H2,1-3H3,(H,26,29)(H,28,31). The molecule has 1 aromatic carbocycles. The number of fused-ring (bicyclic) bond motifs is 1. The highest BCUT2D eigenvalue weighted by molar-refractivity contribution is 6.06. The highest BCUT2D eigenvalue weighted by Gasteiger charge is 2.23. The van der Waals surface area contributed by atoms with Gasteiger partial charge in [-0.3, -0.25) is 4.79 Å². The number of rotatable bonds is 8. The van der Waals surface area contributed by atoms with Crippen molar-refractivity contribution in [2.45, 2.75) is 71.5 Å². The van der Waals surface area contributed by atoms with Crippen LogP contribution in [-0.2, 0) is 6.54 Å². The minimum absolute atomic E-state index is 0.136. The number of nitrogens with one attached hydrogen (secondary N) is 2. The molecule has 0 bridgehead atoms. The number of aromatic nitrogens is 3. The molecule has 1 saturated carbocycles. The van der Waals surface area contributed by atoms with Crippen LogP contribution in [0.25, 0.3) is 11.0 Å². The Morgan fingerprint density at radius 3 is 2.59 bits per heavy atom. The Kier molecular flexibility index (Phi) is 6.93. The van der Waals surface area contributed by atoms with Crippen LogP contribution >= 0.6 is 0 Å². The second kappa shape index (κ2) is 10.0. The van der Waals surface area contributed by atoms with E-state index in [9.17, 15) is 4.79 Å². The van der Waals surface area contributed by atoms with Gasteiger partial charge in [-0.05, 0) is 51.3 Å². The van der Waals surface area contributed by atoms with Crippen molar-refractivity contribution in [2.24, 2.45) is 0 Å². The first-order valence-electron chi connectivity index (χ1n) is 11.7. The van der Waals surface area contributed by atoms with Crippen LogP contribution in [0.4, 0.5) is 5.69 Å². The minimum atomic E-state index is -0.144. The Morgan fingerprint density at radius 1 is 1.16 bits per heavy atom. The van der Waals surface area contributed by atoms with Gasteiger partial charge in [0.25, 0.3) is 5.91 Å². The molecule has 1 amide bonds. The van der Waals surface area contributed by atoms with E-state index in [1.54, 1.807) is 6.20 Å². The molecule has 2 aromatic heterocycles. The maximum absolute atomic E-state index is 13.3. The van der Waals surface area contributed by atoms with Gasteiger partial charge in [-0.1, -0.05) is 31.4 Å². The fourth-order valence-corrected chi connectivity index (χ4v) is 4.41. The number of pyridine rings is 1. The molecule has 1 aliphatic carbocycles. The molecule has 3 aromatic rings. The van der Waals surface area contributed by atoms with Crippen LogP contribution in [0, 0.1) is 0 Å². The molecule has 0 saturated heterocycles. The van der Waals surface area contributed by atoms with Crippen LogP contribution < -0.4 is 15.4 Å². The lowest BCUT2D eigenvalue weighted by Crippen LogP contribution is -2.29. The number of benzene rings is 1. The van der Waals surface area contributed by atoms with Crippen molar-refractivity contribution in [1.29, 1.82) is 0 Å². The fourth-order valence-electron chi connectivity index (χ4n) is 4.41. The fraction of sp³-hybridized carbons (Fsp3) is 0.480. The van der Waals surface area contributed by atoms with Crippen molar-refractivity contribution in [3.8, 4) is 5.75 Å². The number of carbonyl (C=O) groups excluding carboxylic acids is 1. The van der Waals surface area contributed by atoms with Gasteiger partial charge in [0.2, 0.25) is 0 Å². The predicted octanol–water partition coefficient (Wildman–Crippen LogP) is 5.09. The molecule has 0 radical (unpaired) electrons. The van der Waals surface area contributed by atoms with Gasteiger partial charge < -0.3 is 15.4 Å². The topological polar surface area (TPSA) is 81.1 Å². The lowest BCUT2D eigenvalue weighted by molar-refractivity contribution is 0.0940. The quantitative estimate of drug-likeness (QED) is 0.515. The number of ether oxygens (including phenoxy) is 1. The number of carbonyl (C=O) groups is 1. The first-order valence-corrected chi connectivity index (χ1v) is 11.7. The number of aryl methyl sites for hydroxylation is 1. The number of hydrogen-bond acceptors (Lipinski definition) is 5. The average molecular weight is 436 g/mol. The molecule has 7 heteroatoms. The summed E-state index contributed by atoms with van der Waals surface area (Å²) in [4.78, 5) is 17.9. The van der Waals surface area contributed by atoms with E-state index in [0.29, 0.717) is 18.2 Å². The van der Waals surface area contributed by atoms with Gasteiger partial charge in [-0.25, -0.2) is 9.67 Å². The van der Waals surface area contributed by atoms with Gasteiger partial charge in [-0.15, -0.1) is 0 Å². The normalized spacial score (nSPS) is 15.5. The van der Waals surface area contributed by atoms with Crippen molar-refractivity contribution in [3.05, 3.63) is 47.8 Å². The average Bonchev–Trinajstić information content (AvgIpc) is 3.24. The van der Waals surface area contributed by atoms with Crippen molar-refractivity contribution in [3.63, 3.8) is 0 Å². The Bertz CT molecular complexity index is 1050. The van der Waals surface area contributed by atoms with Crippen molar-refractivity contribution < 1.29 is 9.53 Å². The van der Waals surface area contributed by atoms with Crippen molar-refractivity contribution >= 4 is 22.6 Å². The molecule has 32 heavy (non-hydrogen) atoms. The third-order valence-corrected chi connectivity index (χ3v) is 6.20. The van der Waals surface area contributed by atoms with E-state index in [1.807, 2.05) is 55.9 Å². The summed E-state index contributed by atoms with van der Waals surface area (Å²) >= 11 is 0. The van der Waals surface area contributed by atoms with E-state index in [-0.39, 0.29) is 11.9 Å². The SMILES string of the molecule is CCOc1ccc(C(C)NC(=O)c2cnc3c(cnn3CC)c2NC2CCCCC2)cc1. The first kappa shape index (κ1) is 22.1.